The van der Waals surface area contributed by atoms with E-state index >= 15 is 0 Å². The van der Waals surface area contributed by atoms with Crippen LogP contribution in [0.25, 0.3) is 0 Å². The minimum atomic E-state index is -0.456. The monoisotopic (exact) mass is 360 g/mol. The van der Waals surface area contributed by atoms with Crippen LogP contribution in [0.2, 0.25) is 0 Å². The summed E-state index contributed by atoms with van der Waals surface area (Å²) in [5, 5.41) is 21.3. The van der Waals surface area contributed by atoms with E-state index in [9.17, 15) is 9.90 Å². The van der Waals surface area contributed by atoms with Gasteiger partial charge in [-0.25, -0.2) is 0 Å². The number of nitrogens with zero attached hydrogens (tertiary/aromatic N) is 5. The second-order valence-corrected chi connectivity index (χ2v) is 7.07. The van der Waals surface area contributed by atoms with Crippen molar-refractivity contribution in [1.82, 2.24) is 30.1 Å². The number of fused-ring (bicyclic) bond motifs is 1. The number of aromatic nitrogens is 4. The lowest BCUT2D eigenvalue weighted by molar-refractivity contribution is 0.0580. The molecule has 1 amide bonds. The molecule has 2 aliphatic rings. The van der Waals surface area contributed by atoms with Crippen LogP contribution in [0.4, 0.5) is 0 Å². The number of aryl methyl sites for hydroxylation is 1. The smallest absolute Gasteiger partial charge is 0.292 e. The van der Waals surface area contributed by atoms with Gasteiger partial charge >= 0.3 is 0 Å². The Kier molecular flexibility index (Phi) is 4.73. The maximum Gasteiger partial charge on any atom is 0.292 e. The predicted octanol–water partition coefficient (Wildman–Crippen LogP) is 0.865. The molecule has 2 aromatic heterocycles. The molecule has 1 fully saturated rings. The molecule has 0 saturated heterocycles. The Morgan fingerprint density at radius 2 is 2.27 bits per heavy atom. The lowest BCUT2D eigenvalue weighted by Gasteiger charge is -2.29. The molecule has 1 aliphatic heterocycles. The van der Waals surface area contributed by atoms with Gasteiger partial charge in [0.25, 0.3) is 11.7 Å². The van der Waals surface area contributed by atoms with Gasteiger partial charge in [0.15, 0.2) is 0 Å². The lowest BCUT2D eigenvalue weighted by atomic mass is 9.80. The fourth-order valence-electron chi connectivity index (χ4n) is 3.54. The van der Waals surface area contributed by atoms with Crippen LogP contribution in [0, 0.1) is 5.92 Å². The Morgan fingerprint density at radius 1 is 1.42 bits per heavy atom. The Morgan fingerprint density at radius 3 is 3.00 bits per heavy atom. The van der Waals surface area contributed by atoms with Crippen LogP contribution >= 0.6 is 0 Å². The van der Waals surface area contributed by atoms with Gasteiger partial charge in [0.05, 0.1) is 17.9 Å². The molecule has 140 valence electrons. The lowest BCUT2D eigenvalue weighted by Crippen LogP contribution is -2.23. The van der Waals surface area contributed by atoms with Gasteiger partial charge in [0, 0.05) is 26.7 Å². The van der Waals surface area contributed by atoms with Crippen molar-refractivity contribution >= 4 is 5.91 Å². The molecule has 0 unspecified atom stereocenters. The SMILES string of the molecule is CNC(=O)c1noc(CN2CCCn3nc([C@H](O)C4CCC4)cc3C2)n1. The normalized spacial score (nSPS) is 19.5. The van der Waals surface area contributed by atoms with Crippen molar-refractivity contribution in [2.75, 3.05) is 13.6 Å². The second-order valence-electron chi connectivity index (χ2n) is 7.07. The van der Waals surface area contributed by atoms with E-state index in [1.807, 2.05) is 10.7 Å². The van der Waals surface area contributed by atoms with Gasteiger partial charge in [-0.05, 0) is 31.2 Å². The summed E-state index contributed by atoms with van der Waals surface area (Å²) in [5.41, 5.74) is 1.87. The number of hydrogen-bond donors (Lipinski definition) is 2. The highest BCUT2D eigenvalue weighted by molar-refractivity contribution is 5.89. The van der Waals surface area contributed by atoms with E-state index in [1.165, 1.54) is 13.5 Å². The van der Waals surface area contributed by atoms with Crippen molar-refractivity contribution in [2.45, 2.75) is 51.4 Å². The summed E-state index contributed by atoms with van der Waals surface area (Å²) in [5.74, 6) is 0.467. The van der Waals surface area contributed by atoms with Crippen LogP contribution in [0.3, 0.4) is 0 Å². The van der Waals surface area contributed by atoms with Gasteiger partial charge in [-0.3, -0.25) is 14.4 Å². The number of aliphatic hydroxyl groups is 1. The number of hydrogen-bond acceptors (Lipinski definition) is 7. The van der Waals surface area contributed by atoms with E-state index in [4.69, 9.17) is 4.52 Å². The zero-order valence-electron chi connectivity index (χ0n) is 14.9. The molecule has 0 aromatic carbocycles. The molecule has 0 spiro atoms. The van der Waals surface area contributed by atoms with Gasteiger partial charge in [0.1, 0.15) is 6.10 Å². The van der Waals surface area contributed by atoms with Gasteiger partial charge in [0.2, 0.25) is 5.89 Å². The average Bonchev–Trinajstić information content (AvgIpc) is 3.16. The highest BCUT2D eigenvalue weighted by Gasteiger charge is 2.30. The number of carbonyl (C=O) groups is 1. The van der Waals surface area contributed by atoms with E-state index in [0.717, 1.165) is 43.7 Å². The summed E-state index contributed by atoms with van der Waals surface area (Å²) in [6.45, 7) is 2.88. The quantitative estimate of drug-likeness (QED) is 0.814. The molecule has 1 atom stereocenters. The maximum absolute atomic E-state index is 11.5. The standard InChI is InChI=1S/C17H24N6O3/c1-18-17(25)16-19-14(26-21-16)10-22-6-3-7-23-12(9-22)8-13(20-23)15(24)11-4-2-5-11/h8,11,15,24H,2-7,9-10H2,1H3,(H,18,25)/t15-/m1/s1. The number of rotatable bonds is 5. The van der Waals surface area contributed by atoms with Gasteiger partial charge in [-0.2, -0.15) is 10.1 Å². The van der Waals surface area contributed by atoms with Crippen molar-refractivity contribution in [3.8, 4) is 0 Å². The minimum absolute atomic E-state index is 0.0493. The first-order chi connectivity index (χ1) is 12.6. The molecule has 3 heterocycles. The molecule has 0 bridgehead atoms. The Labute approximate surface area is 151 Å². The summed E-state index contributed by atoms with van der Waals surface area (Å²) in [6, 6.07) is 2.02. The summed E-state index contributed by atoms with van der Waals surface area (Å²) in [7, 11) is 1.53. The zero-order valence-corrected chi connectivity index (χ0v) is 14.9. The Bertz CT molecular complexity index is 781. The fraction of sp³-hybridized carbons (Fsp3) is 0.647. The molecular formula is C17H24N6O3. The largest absolute Gasteiger partial charge is 0.386 e. The van der Waals surface area contributed by atoms with Crippen LogP contribution in [-0.2, 0) is 19.6 Å². The third-order valence-electron chi connectivity index (χ3n) is 5.27. The average molecular weight is 360 g/mol. The third-order valence-corrected chi connectivity index (χ3v) is 5.27. The van der Waals surface area contributed by atoms with Crippen LogP contribution in [0.1, 0.15) is 59.7 Å². The molecule has 0 radical (unpaired) electrons. The summed E-state index contributed by atoms with van der Waals surface area (Å²) < 4.78 is 7.19. The van der Waals surface area contributed by atoms with Gasteiger partial charge in [-0.1, -0.05) is 11.6 Å². The topological polar surface area (TPSA) is 109 Å². The van der Waals surface area contributed by atoms with E-state index in [1.54, 1.807) is 0 Å². The first-order valence-corrected chi connectivity index (χ1v) is 9.15. The Balaban J connectivity index is 1.44. The van der Waals surface area contributed by atoms with Crippen LogP contribution in [-0.4, -0.2) is 49.4 Å². The molecule has 1 saturated carbocycles. The van der Waals surface area contributed by atoms with Crippen LogP contribution in [0.5, 0.6) is 0 Å². The summed E-state index contributed by atoms with van der Waals surface area (Å²) in [6.07, 6.45) is 3.86. The van der Waals surface area contributed by atoms with E-state index in [-0.39, 0.29) is 11.7 Å². The van der Waals surface area contributed by atoms with Crippen molar-refractivity contribution in [3.63, 3.8) is 0 Å². The third kappa shape index (κ3) is 3.36. The van der Waals surface area contributed by atoms with Crippen molar-refractivity contribution in [1.29, 1.82) is 0 Å². The van der Waals surface area contributed by atoms with Crippen LogP contribution < -0.4 is 5.32 Å². The van der Waals surface area contributed by atoms with E-state index in [0.29, 0.717) is 24.9 Å². The van der Waals surface area contributed by atoms with E-state index < -0.39 is 6.10 Å². The molecule has 4 rings (SSSR count). The maximum atomic E-state index is 11.5. The predicted molar refractivity (Wildman–Crippen MR) is 90.9 cm³/mol. The molecule has 9 heteroatoms. The van der Waals surface area contributed by atoms with Crippen molar-refractivity contribution in [3.05, 3.63) is 29.2 Å². The molecule has 2 aromatic rings. The van der Waals surface area contributed by atoms with E-state index in [2.05, 4.69) is 25.5 Å². The molecule has 26 heavy (non-hydrogen) atoms. The first kappa shape index (κ1) is 17.2. The summed E-state index contributed by atoms with van der Waals surface area (Å²) >= 11 is 0. The molecule has 9 nitrogen and oxygen atoms in total. The second kappa shape index (κ2) is 7.16. The Hall–Kier alpha value is -2.26. The minimum Gasteiger partial charge on any atom is -0.386 e. The molecule has 1 aliphatic carbocycles. The van der Waals surface area contributed by atoms with Crippen molar-refractivity contribution < 1.29 is 14.4 Å². The fourth-order valence-corrected chi connectivity index (χ4v) is 3.54. The highest BCUT2D eigenvalue weighted by Crippen LogP contribution is 2.37. The number of carbonyl (C=O) groups excluding carboxylic acids is 1. The number of nitrogens with one attached hydrogen (secondary N) is 1. The van der Waals surface area contributed by atoms with Crippen LogP contribution in [0.15, 0.2) is 10.6 Å². The number of amides is 1. The van der Waals surface area contributed by atoms with Gasteiger partial charge < -0.3 is 14.9 Å². The summed E-state index contributed by atoms with van der Waals surface area (Å²) in [4.78, 5) is 17.9. The van der Waals surface area contributed by atoms with Crippen molar-refractivity contribution in [2.24, 2.45) is 5.92 Å². The molecule has 2 N–H and O–H groups in total. The highest BCUT2D eigenvalue weighted by atomic mass is 16.5. The first-order valence-electron chi connectivity index (χ1n) is 9.15. The zero-order chi connectivity index (χ0) is 18.1. The van der Waals surface area contributed by atoms with Gasteiger partial charge in [-0.15, -0.1) is 0 Å². The number of aliphatic hydroxyl groups excluding tert-OH is 1. The molecular weight excluding hydrogens is 336 g/mol.